The number of fused-ring (bicyclic) bond motifs is 1. The molecule has 32 heavy (non-hydrogen) atoms. The van der Waals surface area contributed by atoms with Gasteiger partial charge in [-0.15, -0.1) is 0 Å². The molecule has 9 heteroatoms. The molecular formula is C23H25F2N3O4. The summed E-state index contributed by atoms with van der Waals surface area (Å²) in [5, 5.41) is 6.48. The molecule has 1 atom stereocenters. The number of carbonyl (C=O) groups excluding carboxylic acids is 2. The number of H-pyrrole nitrogens is 1. The topological polar surface area (TPSA) is 92.5 Å². The van der Waals surface area contributed by atoms with Crippen LogP contribution >= 0.6 is 0 Å². The zero-order valence-corrected chi connectivity index (χ0v) is 17.8. The second-order valence-electron chi connectivity index (χ2n) is 7.22. The van der Waals surface area contributed by atoms with Gasteiger partial charge in [-0.25, -0.2) is 0 Å². The molecule has 2 amide bonds. The van der Waals surface area contributed by atoms with E-state index in [9.17, 15) is 18.4 Å². The third kappa shape index (κ3) is 5.96. The van der Waals surface area contributed by atoms with Crippen LogP contribution in [0.15, 0.2) is 48.7 Å². The number of alkyl halides is 2. The maximum absolute atomic E-state index is 12.8. The number of nitrogens with one attached hydrogen (secondary N) is 3. The Kier molecular flexibility index (Phi) is 7.64. The lowest BCUT2D eigenvalue weighted by atomic mass is 10.0. The van der Waals surface area contributed by atoms with Gasteiger partial charge in [0.15, 0.2) is 11.5 Å². The summed E-state index contributed by atoms with van der Waals surface area (Å²) >= 11 is 0. The van der Waals surface area contributed by atoms with Gasteiger partial charge in [0.1, 0.15) is 6.04 Å². The van der Waals surface area contributed by atoms with Crippen LogP contribution in [0.5, 0.6) is 11.5 Å². The first kappa shape index (κ1) is 23.1. The molecule has 0 bridgehead atoms. The number of carbonyl (C=O) groups is 2. The van der Waals surface area contributed by atoms with Gasteiger partial charge in [0, 0.05) is 37.0 Å². The minimum Gasteiger partial charge on any atom is -0.493 e. The number of methoxy groups -OCH3 is 1. The number of aromatic nitrogens is 1. The minimum absolute atomic E-state index is 0.0678. The molecule has 0 aliphatic heterocycles. The van der Waals surface area contributed by atoms with Gasteiger partial charge >= 0.3 is 6.61 Å². The van der Waals surface area contributed by atoms with E-state index in [0.717, 1.165) is 16.5 Å². The van der Waals surface area contributed by atoms with Gasteiger partial charge in [-0.3, -0.25) is 9.59 Å². The number of benzene rings is 2. The molecule has 0 aliphatic rings. The molecule has 0 spiro atoms. The van der Waals surface area contributed by atoms with E-state index in [2.05, 4.69) is 20.4 Å². The fourth-order valence-electron chi connectivity index (χ4n) is 3.49. The van der Waals surface area contributed by atoms with E-state index in [-0.39, 0.29) is 29.9 Å². The Bertz CT molecular complexity index is 1080. The number of hydrogen-bond acceptors (Lipinski definition) is 4. The SMILES string of the molecule is COc1ccc(CCNC(=O)C(Cc2c[nH]c3ccccc23)NC(C)=O)cc1OC(F)F. The lowest BCUT2D eigenvalue weighted by Gasteiger charge is -2.18. The van der Waals surface area contributed by atoms with Crippen LogP contribution in [-0.4, -0.2) is 43.1 Å². The number of para-hydroxylation sites is 1. The van der Waals surface area contributed by atoms with Crippen molar-refractivity contribution in [2.75, 3.05) is 13.7 Å². The van der Waals surface area contributed by atoms with Crippen LogP contribution in [-0.2, 0) is 22.4 Å². The highest BCUT2D eigenvalue weighted by Gasteiger charge is 2.21. The summed E-state index contributed by atoms with van der Waals surface area (Å²) in [4.78, 5) is 27.6. The molecule has 0 saturated heterocycles. The molecule has 7 nitrogen and oxygen atoms in total. The van der Waals surface area contributed by atoms with Crippen molar-refractivity contribution in [3.05, 3.63) is 59.8 Å². The van der Waals surface area contributed by atoms with Crippen molar-refractivity contribution < 1.29 is 27.8 Å². The van der Waals surface area contributed by atoms with Crippen LogP contribution in [0.3, 0.4) is 0 Å². The largest absolute Gasteiger partial charge is 0.493 e. The van der Waals surface area contributed by atoms with E-state index in [1.54, 1.807) is 6.07 Å². The third-order valence-corrected chi connectivity index (χ3v) is 4.95. The van der Waals surface area contributed by atoms with Gasteiger partial charge < -0.3 is 25.1 Å². The predicted octanol–water partition coefficient (Wildman–Crippen LogP) is 3.18. The van der Waals surface area contributed by atoms with Crippen molar-refractivity contribution in [1.82, 2.24) is 15.6 Å². The van der Waals surface area contributed by atoms with Crippen LogP contribution in [0, 0.1) is 0 Å². The molecule has 1 heterocycles. The molecule has 0 aliphatic carbocycles. The van der Waals surface area contributed by atoms with Crippen molar-refractivity contribution in [2.24, 2.45) is 0 Å². The summed E-state index contributed by atoms with van der Waals surface area (Å²) in [6.45, 7) is -1.36. The number of ether oxygens (including phenoxy) is 2. The van der Waals surface area contributed by atoms with Crippen molar-refractivity contribution in [3.8, 4) is 11.5 Å². The minimum atomic E-state index is -2.97. The monoisotopic (exact) mass is 445 g/mol. The Morgan fingerprint density at radius 1 is 1.12 bits per heavy atom. The molecule has 1 aromatic heterocycles. The first-order chi connectivity index (χ1) is 15.4. The first-order valence-electron chi connectivity index (χ1n) is 10.1. The van der Waals surface area contributed by atoms with Crippen molar-refractivity contribution in [1.29, 1.82) is 0 Å². The predicted molar refractivity (Wildman–Crippen MR) is 116 cm³/mol. The molecular weight excluding hydrogens is 420 g/mol. The molecule has 0 fully saturated rings. The molecule has 2 aromatic carbocycles. The molecule has 170 valence electrons. The Labute approximate surface area is 184 Å². The van der Waals surface area contributed by atoms with Crippen molar-refractivity contribution in [3.63, 3.8) is 0 Å². The van der Waals surface area contributed by atoms with E-state index < -0.39 is 12.7 Å². The summed E-state index contributed by atoms with van der Waals surface area (Å²) in [5.41, 5.74) is 2.55. The zero-order chi connectivity index (χ0) is 23.1. The smallest absolute Gasteiger partial charge is 0.387 e. The van der Waals surface area contributed by atoms with Gasteiger partial charge in [-0.1, -0.05) is 24.3 Å². The summed E-state index contributed by atoms with van der Waals surface area (Å²) in [7, 11) is 1.36. The highest BCUT2D eigenvalue weighted by molar-refractivity contribution is 5.89. The van der Waals surface area contributed by atoms with Crippen molar-refractivity contribution >= 4 is 22.7 Å². The average molecular weight is 445 g/mol. The van der Waals surface area contributed by atoms with Crippen LogP contribution in [0.4, 0.5) is 8.78 Å². The number of amides is 2. The van der Waals surface area contributed by atoms with Gasteiger partial charge in [0.05, 0.1) is 7.11 Å². The molecule has 0 saturated carbocycles. The van der Waals surface area contributed by atoms with E-state index in [0.29, 0.717) is 18.4 Å². The molecule has 3 N–H and O–H groups in total. The summed E-state index contributed by atoms with van der Waals surface area (Å²) in [5.74, 6) is -0.513. The first-order valence-corrected chi connectivity index (χ1v) is 10.1. The van der Waals surface area contributed by atoms with Gasteiger partial charge in [0.2, 0.25) is 11.8 Å². The Morgan fingerprint density at radius 2 is 1.91 bits per heavy atom. The standard InChI is InChI=1S/C23H25F2N3O4/c1-14(29)28-19(12-16-13-27-18-6-4-3-5-17(16)18)22(30)26-10-9-15-7-8-20(31-2)21(11-15)32-23(24)25/h3-8,11,13,19,23,27H,9-10,12H2,1-2H3,(H,26,30)(H,28,29). The second-order valence-corrected chi connectivity index (χ2v) is 7.22. The highest BCUT2D eigenvalue weighted by atomic mass is 19.3. The van der Waals surface area contributed by atoms with E-state index in [4.69, 9.17) is 4.74 Å². The number of hydrogen-bond donors (Lipinski definition) is 3. The lowest BCUT2D eigenvalue weighted by Crippen LogP contribution is -2.47. The molecule has 3 rings (SSSR count). The summed E-state index contributed by atoms with van der Waals surface area (Å²) in [6.07, 6.45) is 2.54. The average Bonchev–Trinajstić information content (AvgIpc) is 3.15. The maximum atomic E-state index is 12.8. The Morgan fingerprint density at radius 3 is 2.62 bits per heavy atom. The fraction of sp³-hybridized carbons (Fsp3) is 0.304. The zero-order valence-electron chi connectivity index (χ0n) is 17.8. The van der Waals surface area contributed by atoms with Crippen LogP contribution < -0.4 is 20.1 Å². The number of rotatable bonds is 10. The van der Waals surface area contributed by atoms with Crippen molar-refractivity contribution in [2.45, 2.75) is 32.4 Å². The molecule has 3 aromatic rings. The highest BCUT2D eigenvalue weighted by Crippen LogP contribution is 2.29. The van der Waals surface area contributed by atoms with Gasteiger partial charge in [-0.2, -0.15) is 8.78 Å². The summed E-state index contributed by atoms with van der Waals surface area (Å²) in [6, 6.07) is 11.7. The fourth-order valence-corrected chi connectivity index (χ4v) is 3.49. The van der Waals surface area contributed by atoms with E-state index in [1.165, 1.54) is 26.2 Å². The summed E-state index contributed by atoms with van der Waals surface area (Å²) < 4.78 is 34.7. The number of aromatic amines is 1. The Hall–Kier alpha value is -3.62. The van der Waals surface area contributed by atoms with Crippen LogP contribution in [0.25, 0.3) is 10.9 Å². The normalized spacial score (nSPS) is 11.9. The second kappa shape index (κ2) is 10.6. The van der Waals surface area contributed by atoms with E-state index in [1.807, 2.05) is 30.5 Å². The van der Waals surface area contributed by atoms with E-state index >= 15 is 0 Å². The van der Waals surface area contributed by atoms with Crippen LogP contribution in [0.2, 0.25) is 0 Å². The third-order valence-electron chi connectivity index (χ3n) is 4.95. The van der Waals surface area contributed by atoms with Gasteiger partial charge in [0.25, 0.3) is 0 Å². The Balaban J connectivity index is 1.63. The lowest BCUT2D eigenvalue weighted by molar-refractivity contribution is -0.128. The van der Waals surface area contributed by atoms with Gasteiger partial charge in [-0.05, 0) is 35.7 Å². The molecule has 1 unspecified atom stereocenters. The molecule has 0 radical (unpaired) electrons. The quantitative estimate of drug-likeness (QED) is 0.447. The maximum Gasteiger partial charge on any atom is 0.387 e. The number of halogens is 2. The van der Waals surface area contributed by atoms with Crippen LogP contribution in [0.1, 0.15) is 18.1 Å².